The van der Waals surface area contributed by atoms with Crippen LogP contribution in [0.15, 0.2) is 32.7 Å². The first-order chi connectivity index (χ1) is 13.9. The van der Waals surface area contributed by atoms with Crippen molar-refractivity contribution in [1.29, 1.82) is 0 Å². The third-order valence-corrected chi connectivity index (χ3v) is 8.60. The van der Waals surface area contributed by atoms with Crippen LogP contribution in [0.5, 0.6) is 0 Å². The first kappa shape index (κ1) is 19.3. The van der Waals surface area contributed by atoms with Gasteiger partial charge in [0.1, 0.15) is 11.2 Å². The molecule has 0 bridgehead atoms. The molecule has 3 aromatic rings. The third-order valence-electron chi connectivity index (χ3n) is 6.81. The van der Waals surface area contributed by atoms with Crippen molar-refractivity contribution in [1.82, 2.24) is 0 Å². The molecule has 2 aliphatic rings. The van der Waals surface area contributed by atoms with Gasteiger partial charge in [0.15, 0.2) is 0 Å². The van der Waals surface area contributed by atoms with Crippen LogP contribution in [0.3, 0.4) is 0 Å². The number of rotatable bonds is 1. The Morgan fingerprint density at radius 1 is 0.724 bits per heavy atom. The molecule has 0 unspecified atom stereocenters. The summed E-state index contributed by atoms with van der Waals surface area (Å²) >= 11 is 0. The lowest BCUT2D eigenvalue weighted by Gasteiger charge is -2.28. The highest BCUT2D eigenvalue weighted by molar-refractivity contribution is 7.39. The average molecular weight is 410 g/mol. The van der Waals surface area contributed by atoms with E-state index in [1.54, 1.807) is 0 Å². The van der Waals surface area contributed by atoms with E-state index in [9.17, 15) is 0 Å². The average Bonchev–Trinajstić information content (AvgIpc) is 2.89. The molecule has 0 saturated carbocycles. The third kappa shape index (κ3) is 3.33. The molecule has 4 heteroatoms. The number of aryl methyl sites for hydroxylation is 4. The zero-order valence-corrected chi connectivity index (χ0v) is 19.1. The van der Waals surface area contributed by atoms with Gasteiger partial charge in [-0.05, 0) is 107 Å². The summed E-state index contributed by atoms with van der Waals surface area (Å²) < 4.78 is 15.6. The van der Waals surface area contributed by atoms with Gasteiger partial charge in [0.25, 0.3) is 0 Å². The van der Waals surface area contributed by atoms with Gasteiger partial charge in [0, 0.05) is 23.4 Å². The predicted molar refractivity (Wildman–Crippen MR) is 124 cm³/mol. The molecule has 0 aliphatic heterocycles. The maximum Gasteiger partial charge on any atom is 0.309 e. The minimum Gasteiger partial charge on any atom is -0.408 e. The van der Waals surface area contributed by atoms with Gasteiger partial charge in [-0.1, -0.05) is 12.1 Å². The van der Waals surface area contributed by atoms with Crippen molar-refractivity contribution >= 4 is 30.1 Å². The highest BCUT2D eigenvalue weighted by Crippen LogP contribution is 2.44. The summed E-state index contributed by atoms with van der Waals surface area (Å²) in [6.07, 6.45) is 9.80. The Labute approximate surface area is 174 Å². The number of nitrogens with zero attached hydrogens (tertiary/aromatic N) is 1. The van der Waals surface area contributed by atoms with E-state index in [-0.39, 0.29) is 5.54 Å². The molecule has 2 aromatic carbocycles. The number of hydrogen-bond donors (Lipinski definition) is 0. The van der Waals surface area contributed by atoms with Gasteiger partial charge in [0.05, 0.1) is 0 Å². The molecular formula is C25H32NO2P. The summed E-state index contributed by atoms with van der Waals surface area (Å²) in [4.78, 5) is 0. The Hall–Kier alpha value is -1.70. The summed E-state index contributed by atoms with van der Waals surface area (Å²) in [7, 11) is 0.904. The second-order valence-electron chi connectivity index (χ2n) is 9.68. The lowest BCUT2D eigenvalue weighted by atomic mass is 9.84. The number of fused-ring (bicyclic) bond motifs is 7. The second kappa shape index (κ2) is 7.22. The van der Waals surface area contributed by atoms with Crippen LogP contribution in [0.25, 0.3) is 21.9 Å². The quantitative estimate of drug-likeness (QED) is 0.419. The molecule has 0 fully saturated rings. The molecule has 29 heavy (non-hydrogen) atoms. The van der Waals surface area contributed by atoms with Gasteiger partial charge in [-0.25, -0.2) is 4.67 Å². The molecule has 5 rings (SSSR count). The maximum atomic E-state index is 6.65. The second-order valence-corrected chi connectivity index (χ2v) is 11.1. The van der Waals surface area contributed by atoms with Gasteiger partial charge in [-0.3, -0.25) is 0 Å². The van der Waals surface area contributed by atoms with Crippen LogP contribution >= 0.6 is 8.16 Å². The predicted octanol–water partition coefficient (Wildman–Crippen LogP) is 7.41. The lowest BCUT2D eigenvalue weighted by molar-refractivity contribution is 0.530. The van der Waals surface area contributed by atoms with E-state index in [0.29, 0.717) is 0 Å². The largest absolute Gasteiger partial charge is 0.408 e. The van der Waals surface area contributed by atoms with E-state index in [1.807, 2.05) is 0 Å². The van der Waals surface area contributed by atoms with Crippen molar-refractivity contribution in [2.75, 3.05) is 11.7 Å². The van der Waals surface area contributed by atoms with Crippen LogP contribution in [0, 0.1) is 0 Å². The van der Waals surface area contributed by atoms with Crippen LogP contribution in [-0.2, 0) is 25.7 Å². The Morgan fingerprint density at radius 2 is 1.17 bits per heavy atom. The molecule has 154 valence electrons. The molecule has 0 amide bonds. The molecule has 0 atom stereocenters. The molecule has 1 heterocycles. The summed E-state index contributed by atoms with van der Waals surface area (Å²) in [6, 6.07) is 9.04. The smallest absolute Gasteiger partial charge is 0.309 e. The Morgan fingerprint density at radius 3 is 1.62 bits per heavy atom. The molecule has 2 aliphatic carbocycles. The van der Waals surface area contributed by atoms with E-state index >= 15 is 0 Å². The van der Waals surface area contributed by atoms with Crippen LogP contribution in [-0.4, -0.2) is 12.6 Å². The first-order valence-electron chi connectivity index (χ1n) is 11.1. The highest BCUT2D eigenvalue weighted by atomic mass is 31.1. The normalized spacial score (nSPS) is 16.9. The fourth-order valence-electron chi connectivity index (χ4n) is 4.87. The Kier molecular flexibility index (Phi) is 4.80. The van der Waals surface area contributed by atoms with E-state index in [1.165, 1.54) is 71.6 Å². The maximum absolute atomic E-state index is 6.65. The fraction of sp³-hybridized carbons (Fsp3) is 0.520. The van der Waals surface area contributed by atoms with Crippen molar-refractivity contribution in [3.8, 4) is 0 Å². The summed E-state index contributed by atoms with van der Waals surface area (Å²) in [5.74, 6) is 0. The Bertz CT molecular complexity index is 1040. The molecule has 0 spiro atoms. The standard InChI is InChI=1S/C25H32NO2P/c1-25(2,3)26(4)29-27-21-15-13-17-9-5-7-11-19(17)23(21)24-20-12-8-6-10-18(20)14-16-22(24)28-29/h13-16H,5-12H2,1-4H3. The van der Waals surface area contributed by atoms with Gasteiger partial charge >= 0.3 is 8.16 Å². The molecule has 0 saturated heterocycles. The minimum atomic E-state index is -1.21. The zero-order chi connectivity index (χ0) is 20.2. The SMILES string of the molecule is CN(p1oc2ccc3c(c2c2c4c(ccc2o1)CCCC4)CCCC3)C(C)(C)C. The van der Waals surface area contributed by atoms with Crippen LogP contribution in [0.2, 0.25) is 0 Å². The van der Waals surface area contributed by atoms with Crippen molar-refractivity contribution < 1.29 is 8.39 Å². The lowest BCUT2D eigenvalue weighted by Crippen LogP contribution is -2.35. The van der Waals surface area contributed by atoms with Crippen LogP contribution in [0.1, 0.15) is 68.7 Å². The first-order valence-corrected chi connectivity index (χ1v) is 12.3. The van der Waals surface area contributed by atoms with Crippen molar-refractivity contribution in [2.24, 2.45) is 0 Å². The van der Waals surface area contributed by atoms with Gasteiger partial charge < -0.3 is 8.39 Å². The fourth-order valence-corrected chi connectivity index (χ4v) is 6.28. The topological polar surface area (TPSA) is 29.5 Å². The monoisotopic (exact) mass is 409 g/mol. The number of hydrogen-bond acceptors (Lipinski definition) is 3. The molecule has 3 nitrogen and oxygen atoms in total. The summed E-state index contributed by atoms with van der Waals surface area (Å²) in [5.41, 5.74) is 8.04. The molecule has 0 N–H and O–H groups in total. The van der Waals surface area contributed by atoms with Crippen molar-refractivity contribution in [3.05, 3.63) is 46.5 Å². The Balaban J connectivity index is 1.95. The zero-order valence-electron chi connectivity index (χ0n) is 18.2. The van der Waals surface area contributed by atoms with Crippen LogP contribution < -0.4 is 4.67 Å². The summed E-state index contributed by atoms with van der Waals surface area (Å²) in [5, 5.41) is 2.67. The van der Waals surface area contributed by atoms with Gasteiger partial charge in [-0.2, -0.15) is 0 Å². The molecular weight excluding hydrogens is 377 g/mol. The highest BCUT2D eigenvalue weighted by Gasteiger charge is 2.25. The van der Waals surface area contributed by atoms with E-state index in [4.69, 9.17) is 8.39 Å². The van der Waals surface area contributed by atoms with E-state index < -0.39 is 8.16 Å². The van der Waals surface area contributed by atoms with E-state index in [2.05, 4.69) is 56.8 Å². The summed E-state index contributed by atoms with van der Waals surface area (Å²) in [6.45, 7) is 6.65. The van der Waals surface area contributed by atoms with Gasteiger partial charge in [0.2, 0.25) is 0 Å². The molecule has 0 radical (unpaired) electrons. The minimum absolute atomic E-state index is 0.0290. The van der Waals surface area contributed by atoms with Crippen molar-refractivity contribution in [2.45, 2.75) is 77.7 Å². The number of benzene rings is 2. The van der Waals surface area contributed by atoms with Crippen molar-refractivity contribution in [3.63, 3.8) is 0 Å². The van der Waals surface area contributed by atoms with Gasteiger partial charge in [-0.15, -0.1) is 0 Å². The van der Waals surface area contributed by atoms with E-state index in [0.717, 1.165) is 24.0 Å². The molecule has 1 aromatic heterocycles. The van der Waals surface area contributed by atoms with Crippen LogP contribution in [0.4, 0.5) is 0 Å².